The molecule has 22 heavy (non-hydrogen) atoms. The number of hydrogen-bond donors (Lipinski definition) is 1. The zero-order valence-corrected chi connectivity index (χ0v) is 13.7. The lowest BCUT2D eigenvalue weighted by Crippen LogP contribution is -2.56. The number of piperidine rings is 1. The van der Waals surface area contributed by atoms with Gasteiger partial charge in [0.05, 0.1) is 18.1 Å². The molecular weight excluding hydrogens is 308 g/mol. The molecular formula is C14H22N2O5S. The van der Waals surface area contributed by atoms with Crippen LogP contribution in [0.5, 0.6) is 0 Å². The number of carbonyl (C=O) groups excluding carboxylic acids is 1. The number of methoxy groups -OCH3 is 1. The zero-order valence-electron chi connectivity index (χ0n) is 12.9. The van der Waals surface area contributed by atoms with Gasteiger partial charge in [-0.05, 0) is 25.3 Å². The van der Waals surface area contributed by atoms with E-state index in [1.165, 1.54) is 23.1 Å². The van der Waals surface area contributed by atoms with E-state index in [4.69, 9.17) is 9.15 Å². The van der Waals surface area contributed by atoms with E-state index < -0.39 is 15.6 Å². The van der Waals surface area contributed by atoms with Gasteiger partial charge in [0.25, 0.3) is 5.91 Å². The van der Waals surface area contributed by atoms with Crippen molar-refractivity contribution in [1.29, 1.82) is 0 Å². The first kappa shape index (κ1) is 17.0. The monoisotopic (exact) mass is 330 g/mol. The van der Waals surface area contributed by atoms with E-state index in [2.05, 4.69) is 5.32 Å². The Morgan fingerprint density at radius 1 is 1.45 bits per heavy atom. The van der Waals surface area contributed by atoms with Crippen molar-refractivity contribution in [2.75, 3.05) is 33.1 Å². The van der Waals surface area contributed by atoms with Crippen LogP contribution in [0.25, 0.3) is 0 Å². The fraction of sp³-hybridized carbons (Fsp3) is 0.643. The summed E-state index contributed by atoms with van der Waals surface area (Å²) in [4.78, 5) is 12.3. The maximum absolute atomic E-state index is 12.3. The molecule has 1 fully saturated rings. The molecule has 0 unspecified atom stereocenters. The van der Waals surface area contributed by atoms with E-state index in [1.807, 2.05) is 0 Å². The molecule has 1 amide bonds. The van der Waals surface area contributed by atoms with Gasteiger partial charge in [-0.1, -0.05) is 0 Å². The van der Waals surface area contributed by atoms with Crippen LogP contribution in [0.3, 0.4) is 0 Å². The van der Waals surface area contributed by atoms with Gasteiger partial charge in [0.1, 0.15) is 6.26 Å². The molecule has 1 aromatic heterocycles. The molecule has 0 aromatic carbocycles. The van der Waals surface area contributed by atoms with Crippen LogP contribution in [0.15, 0.2) is 23.0 Å². The van der Waals surface area contributed by atoms with E-state index in [1.54, 1.807) is 13.2 Å². The zero-order chi connectivity index (χ0) is 16.2. The minimum Gasteiger partial charge on any atom is -0.472 e. The van der Waals surface area contributed by atoms with Gasteiger partial charge in [0, 0.05) is 32.3 Å². The van der Waals surface area contributed by atoms with Crippen molar-refractivity contribution < 1.29 is 22.4 Å². The third-order valence-corrected chi connectivity index (χ3v) is 5.40. The number of furan rings is 1. The quantitative estimate of drug-likeness (QED) is 0.835. The van der Waals surface area contributed by atoms with Crippen molar-refractivity contribution in [2.45, 2.75) is 24.8 Å². The number of amides is 1. The Labute approximate surface area is 130 Å². The minimum atomic E-state index is -3.19. The van der Waals surface area contributed by atoms with Crippen molar-refractivity contribution in [3.63, 3.8) is 0 Å². The second-order valence-electron chi connectivity index (χ2n) is 5.65. The highest BCUT2D eigenvalue weighted by Crippen LogP contribution is 2.27. The number of hydrogen-bond acceptors (Lipinski definition) is 5. The highest BCUT2D eigenvalue weighted by atomic mass is 32.2. The normalized spacial score (nSPS) is 19.0. The lowest BCUT2D eigenvalue weighted by molar-refractivity contribution is 0.0783. The van der Waals surface area contributed by atoms with Crippen molar-refractivity contribution >= 4 is 15.9 Å². The molecule has 0 saturated carbocycles. The molecule has 0 aliphatic carbocycles. The lowest BCUT2D eigenvalue weighted by atomic mass is 9.85. The number of nitrogens with one attached hydrogen (secondary N) is 1. The second kappa shape index (κ2) is 6.80. The molecule has 1 aliphatic heterocycles. The molecule has 124 valence electrons. The van der Waals surface area contributed by atoms with E-state index >= 15 is 0 Å². The summed E-state index contributed by atoms with van der Waals surface area (Å²) < 4.78 is 34.8. The molecule has 1 N–H and O–H groups in total. The van der Waals surface area contributed by atoms with Crippen molar-refractivity contribution in [3.8, 4) is 0 Å². The molecule has 1 saturated heterocycles. The molecule has 1 aliphatic rings. The van der Waals surface area contributed by atoms with Gasteiger partial charge in [-0.15, -0.1) is 0 Å². The van der Waals surface area contributed by atoms with Crippen LogP contribution in [0, 0.1) is 0 Å². The number of carbonyl (C=O) groups is 1. The molecule has 0 radical (unpaired) electrons. The van der Waals surface area contributed by atoms with Crippen LogP contribution in [0.2, 0.25) is 0 Å². The Balaban J connectivity index is 2.08. The van der Waals surface area contributed by atoms with Gasteiger partial charge < -0.3 is 14.5 Å². The van der Waals surface area contributed by atoms with E-state index in [0.717, 1.165) is 0 Å². The molecule has 0 bridgehead atoms. The van der Waals surface area contributed by atoms with Crippen molar-refractivity contribution in [2.24, 2.45) is 0 Å². The minimum absolute atomic E-state index is 0.211. The van der Waals surface area contributed by atoms with Crippen molar-refractivity contribution in [1.82, 2.24) is 9.62 Å². The maximum Gasteiger partial charge on any atom is 0.254 e. The number of sulfonamides is 1. The average molecular weight is 330 g/mol. The average Bonchev–Trinajstić information content (AvgIpc) is 2.99. The van der Waals surface area contributed by atoms with E-state index in [9.17, 15) is 13.2 Å². The molecule has 7 nitrogen and oxygen atoms in total. The summed E-state index contributed by atoms with van der Waals surface area (Å²) >= 11 is 0. The van der Waals surface area contributed by atoms with Crippen LogP contribution in [-0.4, -0.2) is 57.2 Å². The Hall–Kier alpha value is -1.38. The molecule has 2 rings (SSSR count). The predicted octanol–water partition coefficient (Wildman–Crippen LogP) is 0.840. The molecule has 0 atom stereocenters. The Morgan fingerprint density at radius 3 is 2.64 bits per heavy atom. The third kappa shape index (κ3) is 4.08. The number of ether oxygens (including phenoxy) is 1. The number of rotatable bonds is 6. The van der Waals surface area contributed by atoms with Crippen LogP contribution < -0.4 is 5.32 Å². The summed E-state index contributed by atoms with van der Waals surface area (Å²) in [5.74, 6) is -0.211. The fourth-order valence-corrected chi connectivity index (χ4v) is 3.53. The van der Waals surface area contributed by atoms with Crippen LogP contribution in [0.1, 0.15) is 29.6 Å². The van der Waals surface area contributed by atoms with Crippen molar-refractivity contribution in [3.05, 3.63) is 24.2 Å². The summed E-state index contributed by atoms with van der Waals surface area (Å²) in [6, 6.07) is 1.60. The van der Waals surface area contributed by atoms with Gasteiger partial charge in [-0.2, -0.15) is 0 Å². The first-order valence-corrected chi connectivity index (χ1v) is 9.00. The second-order valence-corrected chi connectivity index (χ2v) is 7.63. The fourth-order valence-electron chi connectivity index (χ4n) is 2.69. The third-order valence-electron chi connectivity index (χ3n) is 4.10. The highest BCUT2D eigenvalue weighted by Gasteiger charge is 2.38. The first-order chi connectivity index (χ1) is 10.4. The first-order valence-electron chi connectivity index (χ1n) is 7.15. The standard InChI is InChI=1S/C14H22N2O5S/c1-20-10-6-14(15-13(17)12-3-9-21-11-12)4-7-16(8-5-14)22(2,18)19/h3,9,11H,4-8,10H2,1-2H3,(H,15,17). The van der Waals surface area contributed by atoms with Gasteiger partial charge in [0.15, 0.2) is 0 Å². The Morgan fingerprint density at radius 2 is 2.14 bits per heavy atom. The molecule has 2 heterocycles. The number of nitrogens with zero attached hydrogens (tertiary/aromatic N) is 1. The summed E-state index contributed by atoms with van der Waals surface area (Å²) in [6.07, 6.45) is 5.82. The Bertz CT molecular complexity index is 589. The van der Waals surface area contributed by atoms with E-state index in [0.29, 0.717) is 44.5 Å². The van der Waals surface area contributed by atoms with E-state index in [-0.39, 0.29) is 5.91 Å². The maximum atomic E-state index is 12.3. The predicted molar refractivity (Wildman–Crippen MR) is 81.0 cm³/mol. The summed E-state index contributed by atoms with van der Waals surface area (Å²) in [6.45, 7) is 1.30. The smallest absolute Gasteiger partial charge is 0.254 e. The highest BCUT2D eigenvalue weighted by molar-refractivity contribution is 7.88. The van der Waals surface area contributed by atoms with Crippen LogP contribution in [0.4, 0.5) is 0 Å². The topological polar surface area (TPSA) is 88.8 Å². The lowest BCUT2D eigenvalue weighted by Gasteiger charge is -2.41. The molecule has 1 aromatic rings. The summed E-state index contributed by atoms with van der Waals surface area (Å²) in [5, 5.41) is 3.04. The van der Waals surface area contributed by atoms with Crippen LogP contribution in [-0.2, 0) is 14.8 Å². The SMILES string of the molecule is COCCC1(NC(=O)c2ccoc2)CCN(S(C)(=O)=O)CC1. The summed E-state index contributed by atoms with van der Waals surface area (Å²) in [7, 11) is -1.59. The Kier molecular flexibility index (Phi) is 5.25. The molecule has 0 spiro atoms. The largest absolute Gasteiger partial charge is 0.472 e. The van der Waals surface area contributed by atoms with Gasteiger partial charge >= 0.3 is 0 Å². The van der Waals surface area contributed by atoms with Gasteiger partial charge in [-0.25, -0.2) is 12.7 Å². The van der Waals surface area contributed by atoms with Gasteiger partial charge in [-0.3, -0.25) is 4.79 Å². The van der Waals surface area contributed by atoms with Crippen LogP contribution >= 0.6 is 0 Å². The summed E-state index contributed by atoms with van der Waals surface area (Å²) in [5.41, 5.74) is 0.00767. The molecule has 8 heteroatoms. The van der Waals surface area contributed by atoms with Gasteiger partial charge in [0.2, 0.25) is 10.0 Å².